The van der Waals surface area contributed by atoms with Gasteiger partial charge < -0.3 is 10.6 Å². The molecule has 2 amide bonds. The summed E-state index contributed by atoms with van der Waals surface area (Å²) in [5.74, 6) is -1.46. The molecular formula is C17H14Cl2N4O6. The van der Waals surface area contributed by atoms with Crippen molar-refractivity contribution >= 4 is 46.4 Å². The molecule has 0 aliphatic heterocycles. The van der Waals surface area contributed by atoms with Crippen LogP contribution in [0, 0.1) is 20.2 Å². The molecular weight excluding hydrogens is 427 g/mol. The molecule has 0 heterocycles. The Bertz CT molecular complexity index is 998. The zero-order chi connectivity index (χ0) is 21.7. The minimum absolute atomic E-state index is 0.0776. The summed E-state index contributed by atoms with van der Waals surface area (Å²) in [7, 11) is 0. The molecule has 0 radical (unpaired) electrons. The number of halogens is 2. The van der Waals surface area contributed by atoms with E-state index in [9.17, 15) is 29.8 Å². The summed E-state index contributed by atoms with van der Waals surface area (Å²) in [6, 6.07) is 6.61. The van der Waals surface area contributed by atoms with Gasteiger partial charge in [-0.1, -0.05) is 23.2 Å². The van der Waals surface area contributed by atoms with Gasteiger partial charge >= 0.3 is 0 Å². The van der Waals surface area contributed by atoms with Crippen molar-refractivity contribution in [3.05, 3.63) is 77.8 Å². The second-order valence-electron chi connectivity index (χ2n) is 5.92. The number of benzene rings is 2. The van der Waals surface area contributed by atoms with Gasteiger partial charge in [0, 0.05) is 34.8 Å². The Morgan fingerprint density at radius 1 is 0.931 bits per heavy atom. The third kappa shape index (κ3) is 5.62. The first-order chi connectivity index (χ1) is 13.6. The normalized spacial score (nSPS) is 11.4. The van der Waals surface area contributed by atoms with E-state index in [1.165, 1.54) is 24.3 Å². The fourth-order valence-electron chi connectivity index (χ4n) is 2.39. The predicted molar refractivity (Wildman–Crippen MR) is 105 cm³/mol. The van der Waals surface area contributed by atoms with Crippen LogP contribution in [0.25, 0.3) is 0 Å². The van der Waals surface area contributed by atoms with Gasteiger partial charge in [0.25, 0.3) is 23.2 Å². The third-order valence-electron chi connectivity index (χ3n) is 3.75. The fourth-order valence-corrected chi connectivity index (χ4v) is 2.72. The van der Waals surface area contributed by atoms with Crippen LogP contribution in [0.3, 0.4) is 0 Å². The molecule has 1 atom stereocenters. The summed E-state index contributed by atoms with van der Waals surface area (Å²) < 4.78 is 0. The Morgan fingerprint density at radius 2 is 1.38 bits per heavy atom. The molecule has 0 aliphatic rings. The number of nitro groups is 2. The minimum Gasteiger partial charge on any atom is -0.350 e. The van der Waals surface area contributed by atoms with E-state index in [4.69, 9.17) is 23.2 Å². The van der Waals surface area contributed by atoms with Crippen LogP contribution in [0.15, 0.2) is 36.4 Å². The maximum Gasteiger partial charge on any atom is 0.283 e. The highest BCUT2D eigenvalue weighted by Crippen LogP contribution is 2.24. The molecule has 0 aliphatic carbocycles. The van der Waals surface area contributed by atoms with E-state index in [1.807, 2.05) is 0 Å². The van der Waals surface area contributed by atoms with Crippen LogP contribution in [-0.2, 0) is 0 Å². The van der Waals surface area contributed by atoms with Crippen LogP contribution in [0.2, 0.25) is 10.0 Å². The predicted octanol–water partition coefficient (Wildman–Crippen LogP) is 3.36. The summed E-state index contributed by atoms with van der Waals surface area (Å²) in [4.78, 5) is 45.3. The van der Waals surface area contributed by atoms with E-state index < -0.39 is 39.1 Å². The molecule has 2 N–H and O–H groups in total. The molecule has 0 saturated heterocycles. The average Bonchev–Trinajstić information content (AvgIpc) is 2.65. The van der Waals surface area contributed by atoms with Gasteiger partial charge in [-0.3, -0.25) is 29.8 Å². The number of carbonyl (C=O) groups excluding carboxylic acids is 2. The molecule has 0 saturated carbocycles. The zero-order valence-corrected chi connectivity index (χ0v) is 16.4. The van der Waals surface area contributed by atoms with Gasteiger partial charge in [-0.15, -0.1) is 0 Å². The molecule has 29 heavy (non-hydrogen) atoms. The van der Waals surface area contributed by atoms with E-state index in [0.717, 1.165) is 12.1 Å². The third-order valence-corrected chi connectivity index (χ3v) is 4.22. The topological polar surface area (TPSA) is 144 Å². The molecule has 0 bridgehead atoms. The molecule has 10 nitrogen and oxygen atoms in total. The maximum absolute atomic E-state index is 12.3. The second kappa shape index (κ2) is 9.30. The summed E-state index contributed by atoms with van der Waals surface area (Å²) >= 11 is 11.4. The van der Waals surface area contributed by atoms with E-state index in [0.29, 0.717) is 0 Å². The smallest absolute Gasteiger partial charge is 0.283 e. The molecule has 0 aromatic heterocycles. The maximum atomic E-state index is 12.3. The van der Waals surface area contributed by atoms with E-state index >= 15 is 0 Å². The molecule has 2 aromatic carbocycles. The quantitative estimate of drug-likeness (QED) is 0.498. The zero-order valence-electron chi connectivity index (χ0n) is 14.8. The van der Waals surface area contributed by atoms with Crippen LogP contribution < -0.4 is 10.6 Å². The first-order valence-corrected chi connectivity index (χ1v) is 8.82. The van der Waals surface area contributed by atoms with Gasteiger partial charge in [0.1, 0.15) is 11.1 Å². The lowest BCUT2D eigenvalue weighted by atomic mass is 10.1. The van der Waals surface area contributed by atoms with Crippen LogP contribution in [0.5, 0.6) is 0 Å². The molecule has 152 valence electrons. The van der Waals surface area contributed by atoms with Gasteiger partial charge in [-0.2, -0.15) is 0 Å². The Labute approximate surface area is 174 Å². The number of nitrogens with zero attached hydrogens (tertiary/aromatic N) is 2. The number of nitro benzene ring substituents is 2. The van der Waals surface area contributed by atoms with Crippen molar-refractivity contribution in [1.82, 2.24) is 10.6 Å². The fraction of sp³-hybridized carbons (Fsp3) is 0.176. The molecule has 1 unspecified atom stereocenters. The highest BCUT2D eigenvalue weighted by molar-refractivity contribution is 6.31. The lowest BCUT2D eigenvalue weighted by Crippen LogP contribution is -2.42. The van der Waals surface area contributed by atoms with Gasteiger partial charge in [0.2, 0.25) is 0 Å². The monoisotopic (exact) mass is 440 g/mol. The molecule has 0 fully saturated rings. The van der Waals surface area contributed by atoms with Gasteiger partial charge in [0.05, 0.1) is 9.85 Å². The number of amides is 2. The Morgan fingerprint density at radius 3 is 1.83 bits per heavy atom. The van der Waals surface area contributed by atoms with E-state index in [2.05, 4.69) is 10.6 Å². The van der Waals surface area contributed by atoms with Gasteiger partial charge in [-0.05, 0) is 31.2 Å². The van der Waals surface area contributed by atoms with Crippen LogP contribution in [0.4, 0.5) is 11.4 Å². The highest BCUT2D eigenvalue weighted by atomic mass is 35.5. The van der Waals surface area contributed by atoms with Crippen molar-refractivity contribution in [2.24, 2.45) is 0 Å². The largest absolute Gasteiger partial charge is 0.350 e. The van der Waals surface area contributed by atoms with Crippen LogP contribution >= 0.6 is 23.2 Å². The number of rotatable bonds is 7. The lowest BCUT2D eigenvalue weighted by molar-refractivity contribution is -0.385. The van der Waals surface area contributed by atoms with Gasteiger partial charge in [-0.25, -0.2) is 0 Å². The summed E-state index contributed by atoms with van der Waals surface area (Å²) in [5.41, 5.74) is -1.29. The Kier molecular flexibility index (Phi) is 7.08. The summed E-state index contributed by atoms with van der Waals surface area (Å²) in [6.45, 7) is 1.47. The van der Waals surface area contributed by atoms with Crippen molar-refractivity contribution in [2.45, 2.75) is 13.0 Å². The SMILES string of the molecule is CC(CNC(=O)c1ccc(Cl)cc1[N+](=O)[O-])NC(=O)c1ccc(Cl)cc1[N+](=O)[O-]. The van der Waals surface area contributed by atoms with Crippen molar-refractivity contribution < 1.29 is 19.4 Å². The standard InChI is InChI=1S/C17H14Cl2N4O6/c1-9(21-17(25)13-5-3-11(19)7-15(13)23(28)29)8-20-16(24)12-4-2-10(18)6-14(12)22(26)27/h2-7,9H,8H2,1H3,(H,20,24)(H,21,25). The van der Waals surface area contributed by atoms with Crippen molar-refractivity contribution in [1.29, 1.82) is 0 Å². The number of hydrogen-bond donors (Lipinski definition) is 2. The summed E-state index contributed by atoms with van der Waals surface area (Å²) in [5, 5.41) is 27.4. The average molecular weight is 441 g/mol. The van der Waals surface area contributed by atoms with E-state index in [-0.39, 0.29) is 27.7 Å². The highest BCUT2D eigenvalue weighted by Gasteiger charge is 2.23. The second-order valence-corrected chi connectivity index (χ2v) is 6.79. The molecule has 2 aromatic rings. The lowest BCUT2D eigenvalue weighted by Gasteiger charge is -2.15. The Hall–Kier alpha value is -3.24. The van der Waals surface area contributed by atoms with Crippen LogP contribution in [0.1, 0.15) is 27.6 Å². The van der Waals surface area contributed by atoms with E-state index in [1.54, 1.807) is 6.92 Å². The number of hydrogen-bond acceptors (Lipinski definition) is 6. The molecule has 2 rings (SSSR count). The van der Waals surface area contributed by atoms with Crippen molar-refractivity contribution in [3.8, 4) is 0 Å². The first kappa shape index (κ1) is 22.1. The van der Waals surface area contributed by atoms with Crippen LogP contribution in [-0.4, -0.2) is 34.2 Å². The molecule has 12 heteroatoms. The minimum atomic E-state index is -0.730. The van der Waals surface area contributed by atoms with Gasteiger partial charge in [0.15, 0.2) is 0 Å². The number of carbonyl (C=O) groups is 2. The number of nitrogens with one attached hydrogen (secondary N) is 2. The summed E-state index contributed by atoms with van der Waals surface area (Å²) in [6.07, 6.45) is 0. The first-order valence-electron chi connectivity index (χ1n) is 8.07. The van der Waals surface area contributed by atoms with Crippen molar-refractivity contribution in [3.63, 3.8) is 0 Å². The Balaban J connectivity index is 2.05. The van der Waals surface area contributed by atoms with Crippen molar-refractivity contribution in [2.75, 3.05) is 6.54 Å². The molecule has 0 spiro atoms.